The Kier molecular flexibility index (Phi) is 4.53. The summed E-state index contributed by atoms with van der Waals surface area (Å²) in [5.74, 6) is -2.38. The van der Waals surface area contributed by atoms with Crippen LogP contribution in [0.1, 0.15) is 23.2 Å². The van der Waals surface area contributed by atoms with Crippen LogP contribution in [0, 0.1) is 26.1 Å². The average Bonchev–Trinajstić information content (AvgIpc) is 2.53. The second-order valence-corrected chi connectivity index (χ2v) is 5.18. The minimum atomic E-state index is -1.02. The Morgan fingerprint density at radius 3 is 2.17 bits per heavy atom. The van der Waals surface area contributed by atoms with E-state index in [2.05, 4.69) is 0 Å². The highest BCUT2D eigenvalue weighted by Crippen LogP contribution is 2.25. The second-order valence-electron chi connectivity index (χ2n) is 5.18. The first-order valence-corrected chi connectivity index (χ1v) is 6.75. The summed E-state index contributed by atoms with van der Waals surface area (Å²) in [6, 6.07) is 2.69. The van der Waals surface area contributed by atoms with Gasteiger partial charge in [-0.25, -0.2) is 0 Å². The zero-order valence-electron chi connectivity index (χ0n) is 11.9. The van der Waals surface area contributed by atoms with Gasteiger partial charge in [-0.1, -0.05) is 0 Å². The molecule has 1 fully saturated rings. The number of nitro groups is 2. The fourth-order valence-corrected chi connectivity index (χ4v) is 2.48. The number of amides is 1. The maximum absolute atomic E-state index is 12.4. The van der Waals surface area contributed by atoms with Gasteiger partial charge in [0.1, 0.15) is 0 Å². The third kappa shape index (κ3) is 3.59. The van der Waals surface area contributed by atoms with Crippen molar-refractivity contribution < 1.29 is 24.5 Å². The van der Waals surface area contributed by atoms with Crippen LogP contribution in [0.3, 0.4) is 0 Å². The molecule has 0 unspecified atom stereocenters. The Labute approximate surface area is 129 Å². The Morgan fingerprint density at radius 2 is 1.70 bits per heavy atom. The molecule has 1 N–H and O–H groups in total. The number of aliphatic carboxylic acids is 1. The molecule has 0 bridgehead atoms. The number of carboxylic acids is 1. The summed E-state index contributed by atoms with van der Waals surface area (Å²) in [6.45, 7) is 0.282. The lowest BCUT2D eigenvalue weighted by Crippen LogP contribution is -2.42. The Balaban J connectivity index is 2.32. The van der Waals surface area contributed by atoms with E-state index >= 15 is 0 Å². The molecule has 1 aliphatic rings. The van der Waals surface area contributed by atoms with Crippen LogP contribution in [-0.4, -0.2) is 44.8 Å². The van der Waals surface area contributed by atoms with Gasteiger partial charge in [-0.05, 0) is 12.8 Å². The molecular formula is C13H13N3O7. The van der Waals surface area contributed by atoms with Crippen LogP contribution >= 0.6 is 0 Å². The van der Waals surface area contributed by atoms with Crippen molar-refractivity contribution in [1.29, 1.82) is 0 Å². The molecule has 0 spiro atoms. The van der Waals surface area contributed by atoms with Crippen molar-refractivity contribution in [2.24, 2.45) is 5.92 Å². The molecule has 10 heteroatoms. The summed E-state index contributed by atoms with van der Waals surface area (Å²) < 4.78 is 0. The molecule has 122 valence electrons. The van der Waals surface area contributed by atoms with Gasteiger partial charge < -0.3 is 10.0 Å². The normalized spacial score (nSPS) is 17.6. The third-order valence-electron chi connectivity index (χ3n) is 3.63. The Bertz CT molecular complexity index is 656. The molecule has 1 saturated heterocycles. The van der Waals surface area contributed by atoms with E-state index in [4.69, 9.17) is 5.11 Å². The lowest BCUT2D eigenvalue weighted by molar-refractivity contribution is -0.394. The average molecular weight is 323 g/mol. The smallest absolute Gasteiger partial charge is 0.308 e. The molecular weight excluding hydrogens is 310 g/mol. The first-order valence-electron chi connectivity index (χ1n) is 6.75. The van der Waals surface area contributed by atoms with Gasteiger partial charge in [-0.2, -0.15) is 0 Å². The van der Waals surface area contributed by atoms with Gasteiger partial charge in [0.05, 0.1) is 27.4 Å². The molecule has 1 aliphatic heterocycles. The van der Waals surface area contributed by atoms with Crippen molar-refractivity contribution in [3.8, 4) is 0 Å². The van der Waals surface area contributed by atoms with Gasteiger partial charge in [-0.3, -0.25) is 29.8 Å². The summed E-state index contributed by atoms with van der Waals surface area (Å²) in [5.41, 5.74) is -1.32. The van der Waals surface area contributed by atoms with Gasteiger partial charge in [0.2, 0.25) is 0 Å². The molecule has 0 radical (unpaired) electrons. The first-order chi connectivity index (χ1) is 10.8. The van der Waals surface area contributed by atoms with Crippen LogP contribution < -0.4 is 0 Å². The Hall–Kier alpha value is -3.04. The molecule has 1 amide bonds. The first kappa shape index (κ1) is 16.3. The van der Waals surface area contributed by atoms with E-state index in [-0.39, 0.29) is 12.1 Å². The number of rotatable bonds is 4. The van der Waals surface area contributed by atoms with Crippen molar-refractivity contribution in [3.05, 3.63) is 44.0 Å². The van der Waals surface area contributed by atoms with Crippen molar-refractivity contribution in [3.63, 3.8) is 0 Å². The highest BCUT2D eigenvalue weighted by Gasteiger charge is 2.30. The maximum atomic E-state index is 12.4. The number of likely N-dealkylation sites (tertiary alicyclic amines) is 1. The molecule has 0 aromatic heterocycles. The molecule has 0 aliphatic carbocycles. The van der Waals surface area contributed by atoms with Crippen LogP contribution in [-0.2, 0) is 4.79 Å². The van der Waals surface area contributed by atoms with E-state index in [0.717, 1.165) is 18.2 Å². The van der Waals surface area contributed by atoms with Gasteiger partial charge in [0.15, 0.2) is 0 Å². The topological polar surface area (TPSA) is 144 Å². The number of carboxylic acid groups (broad SMARTS) is 1. The lowest BCUT2D eigenvalue weighted by Gasteiger charge is -2.30. The predicted octanol–water partition coefficient (Wildman–Crippen LogP) is 1.44. The highest BCUT2D eigenvalue weighted by molar-refractivity contribution is 5.96. The largest absolute Gasteiger partial charge is 0.481 e. The molecule has 1 atom stereocenters. The molecule has 2 rings (SSSR count). The second kappa shape index (κ2) is 6.38. The summed E-state index contributed by atoms with van der Waals surface area (Å²) in [5, 5.41) is 30.7. The van der Waals surface area contributed by atoms with Crippen molar-refractivity contribution in [2.75, 3.05) is 13.1 Å². The maximum Gasteiger partial charge on any atom is 0.308 e. The van der Waals surface area contributed by atoms with Crippen molar-refractivity contribution in [1.82, 2.24) is 4.90 Å². The van der Waals surface area contributed by atoms with Crippen molar-refractivity contribution in [2.45, 2.75) is 12.8 Å². The van der Waals surface area contributed by atoms with E-state index < -0.39 is 39.0 Å². The number of hydrogen-bond acceptors (Lipinski definition) is 6. The zero-order chi connectivity index (χ0) is 17.1. The fraction of sp³-hybridized carbons (Fsp3) is 0.385. The van der Waals surface area contributed by atoms with Crippen LogP contribution in [0.15, 0.2) is 18.2 Å². The molecule has 1 aromatic rings. The lowest BCUT2D eigenvalue weighted by atomic mass is 9.97. The summed E-state index contributed by atoms with van der Waals surface area (Å²) in [7, 11) is 0. The van der Waals surface area contributed by atoms with Gasteiger partial charge in [-0.15, -0.1) is 0 Å². The molecule has 1 heterocycles. The van der Waals surface area contributed by atoms with Gasteiger partial charge >= 0.3 is 5.97 Å². The van der Waals surface area contributed by atoms with Gasteiger partial charge in [0, 0.05) is 25.2 Å². The van der Waals surface area contributed by atoms with E-state index in [9.17, 15) is 29.8 Å². The highest BCUT2D eigenvalue weighted by atomic mass is 16.6. The van der Waals surface area contributed by atoms with E-state index in [1.165, 1.54) is 4.90 Å². The summed E-state index contributed by atoms with van der Waals surface area (Å²) >= 11 is 0. The number of non-ortho nitro benzene ring substituents is 2. The standard InChI is InChI=1S/C13H13N3O7/c17-12(14-3-1-2-8(7-14)13(18)19)9-4-10(15(20)21)6-11(5-9)16(22)23/h4-6,8H,1-3,7H2,(H,18,19)/t8-/m0/s1. The molecule has 0 saturated carbocycles. The number of carbonyl (C=O) groups is 2. The number of benzene rings is 1. The molecule has 1 aromatic carbocycles. The Morgan fingerprint density at radius 1 is 1.13 bits per heavy atom. The fourth-order valence-electron chi connectivity index (χ4n) is 2.48. The van der Waals surface area contributed by atoms with Crippen LogP contribution in [0.4, 0.5) is 11.4 Å². The monoisotopic (exact) mass is 323 g/mol. The number of hydrogen-bond donors (Lipinski definition) is 1. The molecule has 10 nitrogen and oxygen atoms in total. The van der Waals surface area contributed by atoms with Crippen molar-refractivity contribution >= 4 is 23.3 Å². The number of nitro benzene ring substituents is 2. The van der Waals surface area contributed by atoms with Crippen LogP contribution in [0.2, 0.25) is 0 Å². The number of piperidine rings is 1. The number of carbonyl (C=O) groups excluding carboxylic acids is 1. The van der Waals surface area contributed by atoms with Crippen LogP contribution in [0.5, 0.6) is 0 Å². The predicted molar refractivity (Wildman–Crippen MR) is 76.0 cm³/mol. The number of nitrogens with zero attached hydrogens (tertiary/aromatic N) is 3. The van der Waals surface area contributed by atoms with E-state index in [1.54, 1.807) is 0 Å². The summed E-state index contributed by atoms with van der Waals surface area (Å²) in [4.78, 5) is 44.7. The quantitative estimate of drug-likeness (QED) is 0.652. The third-order valence-corrected chi connectivity index (χ3v) is 3.63. The zero-order valence-corrected chi connectivity index (χ0v) is 11.9. The SMILES string of the molecule is O=C(O)[C@H]1CCCN(C(=O)c2cc([N+](=O)[O-])cc([N+](=O)[O-])c2)C1. The van der Waals surface area contributed by atoms with Gasteiger partial charge in [0.25, 0.3) is 17.3 Å². The minimum absolute atomic E-state index is 0.0232. The summed E-state index contributed by atoms with van der Waals surface area (Å²) in [6.07, 6.45) is 0.925. The molecule has 23 heavy (non-hydrogen) atoms. The minimum Gasteiger partial charge on any atom is -0.481 e. The van der Waals surface area contributed by atoms with Crippen LogP contribution in [0.25, 0.3) is 0 Å². The van der Waals surface area contributed by atoms with E-state index in [0.29, 0.717) is 19.4 Å². The van der Waals surface area contributed by atoms with E-state index in [1.807, 2.05) is 0 Å².